The molecule has 0 amide bonds. The van der Waals surface area contributed by atoms with Crippen molar-refractivity contribution in [1.82, 2.24) is 0 Å². The number of methoxy groups -OCH3 is 1. The van der Waals surface area contributed by atoms with E-state index in [1.807, 2.05) is 36.4 Å². The maximum atomic E-state index is 8.16. The van der Waals surface area contributed by atoms with E-state index in [1.54, 1.807) is 7.11 Å². The predicted octanol–water partition coefficient (Wildman–Crippen LogP) is 5.85. The van der Waals surface area contributed by atoms with Crippen LogP contribution in [-0.4, -0.2) is 13.9 Å². The van der Waals surface area contributed by atoms with E-state index < -0.39 is 5.96 Å². The number of para-hydroxylation sites is 1. The van der Waals surface area contributed by atoms with Crippen molar-refractivity contribution in [3.63, 3.8) is 0 Å². The Morgan fingerprint density at radius 1 is 0.613 bits per heavy atom. The van der Waals surface area contributed by atoms with Gasteiger partial charge in [-0.1, -0.05) is 0 Å². The summed E-state index contributed by atoms with van der Waals surface area (Å²) in [7, 11) is 1.63. The summed E-state index contributed by atoms with van der Waals surface area (Å²) in [5.74, 6) is -2.61. The first-order valence-corrected chi connectivity index (χ1v) is 13.6. The van der Waals surface area contributed by atoms with Gasteiger partial charge in [-0.2, -0.15) is 0 Å². The third kappa shape index (κ3) is 4.00. The summed E-state index contributed by atoms with van der Waals surface area (Å²) in [5, 5.41) is 3.40. The van der Waals surface area contributed by atoms with Crippen molar-refractivity contribution in [3.8, 4) is 5.75 Å². The molecule has 4 aromatic rings. The molecule has 31 heavy (non-hydrogen) atoms. The van der Waals surface area contributed by atoms with Gasteiger partial charge in [0, 0.05) is 0 Å². The van der Waals surface area contributed by atoms with E-state index in [-0.39, 0.29) is 6.79 Å². The second kappa shape index (κ2) is 9.24. The minimum absolute atomic E-state index is 0.192. The molecule has 4 heteroatoms. The molecule has 0 saturated carbocycles. The molecule has 0 N–H and O–H groups in total. The van der Waals surface area contributed by atoms with Crippen LogP contribution in [0.2, 0.25) is 0 Å². The fourth-order valence-corrected chi connectivity index (χ4v) is 10.3. The van der Waals surface area contributed by atoms with E-state index >= 15 is 0 Å². The van der Waals surface area contributed by atoms with Gasteiger partial charge in [-0.3, -0.25) is 0 Å². The quantitative estimate of drug-likeness (QED) is 0.248. The second-order valence-electron chi connectivity index (χ2n) is 7.51. The Balaban J connectivity index is 2.03. The third-order valence-corrected chi connectivity index (χ3v) is 12.8. The van der Waals surface area contributed by atoms with E-state index in [9.17, 15) is 0 Å². The van der Waals surface area contributed by atoms with Crippen molar-refractivity contribution in [1.29, 1.82) is 0 Å². The zero-order chi connectivity index (χ0) is 21.6. The number of hydrogen-bond donors (Lipinski definition) is 0. The van der Waals surface area contributed by atoms with Gasteiger partial charge in [-0.15, -0.1) is 0 Å². The SMILES string of the molecule is COCOc1ccccc1CP(Cl)(c1ccccc1)(c1ccccc1)c1ccccc1. The number of benzene rings is 4. The Bertz CT molecular complexity index is 1020. The Kier molecular flexibility index (Phi) is 6.43. The topological polar surface area (TPSA) is 18.5 Å². The molecule has 0 aliphatic rings. The Morgan fingerprint density at radius 2 is 1.03 bits per heavy atom. The van der Waals surface area contributed by atoms with E-state index in [2.05, 4.69) is 78.9 Å². The number of ether oxygens (including phenoxy) is 2. The first-order chi connectivity index (χ1) is 15.2. The third-order valence-electron chi connectivity index (χ3n) is 5.66. The van der Waals surface area contributed by atoms with Crippen molar-refractivity contribution < 1.29 is 9.47 Å². The van der Waals surface area contributed by atoms with Gasteiger partial charge in [-0.25, -0.2) is 0 Å². The molecule has 0 heterocycles. The van der Waals surface area contributed by atoms with Gasteiger partial charge in [-0.05, 0) is 0 Å². The van der Waals surface area contributed by atoms with Gasteiger partial charge < -0.3 is 0 Å². The first kappa shape index (κ1) is 21.6. The standard InChI is InChI=1S/C27H26ClO2P/c1-29-22-30-27-20-12-11-13-23(27)21-31(28,24-14-5-2-6-15-24,25-16-7-3-8-17-25)26-18-9-4-10-19-26/h2-20H,21-22H2,1H3. The predicted molar refractivity (Wildman–Crippen MR) is 134 cm³/mol. The Hall–Kier alpha value is -2.64. The van der Waals surface area contributed by atoms with Crippen molar-refractivity contribution in [2.75, 3.05) is 13.9 Å². The molecule has 2 nitrogen and oxygen atoms in total. The van der Waals surface area contributed by atoms with Crippen LogP contribution in [0, 0.1) is 0 Å². The van der Waals surface area contributed by atoms with Crippen LogP contribution in [-0.2, 0) is 10.9 Å². The molecule has 0 fully saturated rings. The average Bonchev–Trinajstić information content (AvgIpc) is 2.85. The molecule has 4 rings (SSSR count). The van der Waals surface area contributed by atoms with Gasteiger partial charge >= 0.3 is 189 Å². The molecular formula is C27H26ClO2P. The number of rotatable bonds is 8. The Morgan fingerprint density at radius 3 is 1.48 bits per heavy atom. The molecule has 0 spiro atoms. The zero-order valence-electron chi connectivity index (χ0n) is 17.5. The van der Waals surface area contributed by atoms with Crippen LogP contribution in [0.3, 0.4) is 0 Å². The Labute approximate surface area is 189 Å². The normalized spacial score (nSPS) is 12.6. The molecule has 0 aromatic heterocycles. The summed E-state index contributed by atoms with van der Waals surface area (Å²) < 4.78 is 11.1. The van der Waals surface area contributed by atoms with Crippen LogP contribution in [0.15, 0.2) is 115 Å². The molecule has 0 atom stereocenters. The summed E-state index contributed by atoms with van der Waals surface area (Å²) in [6.45, 7) is 0.192. The van der Waals surface area contributed by atoms with Crippen LogP contribution < -0.4 is 20.7 Å². The zero-order valence-corrected chi connectivity index (χ0v) is 19.2. The van der Waals surface area contributed by atoms with Crippen LogP contribution in [0.25, 0.3) is 0 Å². The van der Waals surface area contributed by atoms with E-state index in [4.69, 9.17) is 20.7 Å². The molecular weight excluding hydrogens is 423 g/mol. The molecule has 0 aliphatic carbocycles. The van der Waals surface area contributed by atoms with Crippen LogP contribution in [0.5, 0.6) is 5.75 Å². The summed E-state index contributed by atoms with van der Waals surface area (Å²) in [5.41, 5.74) is 1.06. The van der Waals surface area contributed by atoms with E-state index in [1.165, 1.54) is 0 Å². The van der Waals surface area contributed by atoms with E-state index in [0.717, 1.165) is 27.2 Å². The number of hydrogen-bond acceptors (Lipinski definition) is 2. The minimum atomic E-state index is -3.40. The van der Waals surface area contributed by atoms with Crippen LogP contribution in [0.4, 0.5) is 0 Å². The summed E-state index contributed by atoms with van der Waals surface area (Å²) in [6.07, 6.45) is 0.630. The molecule has 0 aliphatic heterocycles. The summed E-state index contributed by atoms with van der Waals surface area (Å²) >= 11 is 8.16. The average molecular weight is 449 g/mol. The fraction of sp³-hybridized carbons (Fsp3) is 0.111. The monoisotopic (exact) mass is 448 g/mol. The van der Waals surface area contributed by atoms with Gasteiger partial charge in [0.2, 0.25) is 0 Å². The van der Waals surface area contributed by atoms with Crippen molar-refractivity contribution in [3.05, 3.63) is 121 Å². The molecule has 0 saturated heterocycles. The first-order valence-electron chi connectivity index (χ1n) is 10.3. The molecule has 158 valence electrons. The van der Waals surface area contributed by atoms with Gasteiger partial charge in [0.1, 0.15) is 0 Å². The second-order valence-corrected chi connectivity index (χ2v) is 14.0. The van der Waals surface area contributed by atoms with Gasteiger partial charge in [0.05, 0.1) is 0 Å². The van der Waals surface area contributed by atoms with Gasteiger partial charge in [0.15, 0.2) is 0 Å². The maximum absolute atomic E-state index is 8.16. The number of halogens is 1. The van der Waals surface area contributed by atoms with Crippen molar-refractivity contribution >= 4 is 33.1 Å². The summed E-state index contributed by atoms with van der Waals surface area (Å²) in [6, 6.07) is 39.5. The molecule has 0 bridgehead atoms. The van der Waals surface area contributed by atoms with E-state index in [0.29, 0.717) is 6.16 Å². The fourth-order valence-electron chi connectivity index (χ4n) is 4.16. The van der Waals surface area contributed by atoms with Gasteiger partial charge in [0.25, 0.3) is 0 Å². The van der Waals surface area contributed by atoms with Crippen LogP contribution >= 0.6 is 17.2 Å². The molecule has 0 unspecified atom stereocenters. The molecule has 4 aromatic carbocycles. The van der Waals surface area contributed by atoms with Crippen LogP contribution in [0.1, 0.15) is 5.56 Å². The van der Waals surface area contributed by atoms with Crippen molar-refractivity contribution in [2.45, 2.75) is 6.16 Å². The molecule has 0 radical (unpaired) electrons. The van der Waals surface area contributed by atoms with Crippen molar-refractivity contribution in [2.24, 2.45) is 0 Å². The summed E-state index contributed by atoms with van der Waals surface area (Å²) in [4.78, 5) is 0.